The fourth-order valence-electron chi connectivity index (χ4n) is 4.68. The van der Waals surface area contributed by atoms with Gasteiger partial charge in [-0.05, 0) is 52.7 Å². The summed E-state index contributed by atoms with van der Waals surface area (Å²) in [5.74, 6) is 1.26. The van der Waals surface area contributed by atoms with Crippen LogP contribution >= 0.6 is 27.3 Å². The van der Waals surface area contributed by atoms with Crippen molar-refractivity contribution in [3.8, 4) is 17.2 Å². The maximum Gasteiger partial charge on any atom is 0.338 e. The Hall–Kier alpha value is -4.15. The molecule has 0 unspecified atom stereocenters. The summed E-state index contributed by atoms with van der Waals surface area (Å²) in [5, 5.41) is 0. The second kappa shape index (κ2) is 12.2. The molecular formula is C31H27BrN2O6S. The minimum absolute atomic E-state index is 0.177. The van der Waals surface area contributed by atoms with Crippen LogP contribution in [0.4, 0.5) is 0 Å². The highest BCUT2D eigenvalue weighted by Gasteiger charge is 2.35. The Morgan fingerprint density at radius 1 is 1.00 bits per heavy atom. The van der Waals surface area contributed by atoms with Crippen LogP contribution in [0, 0.1) is 0 Å². The van der Waals surface area contributed by atoms with E-state index in [0.29, 0.717) is 42.3 Å². The molecule has 3 aromatic carbocycles. The number of esters is 1. The number of carbonyl (C=O) groups is 1. The quantitative estimate of drug-likeness (QED) is 0.261. The monoisotopic (exact) mass is 634 g/mol. The zero-order chi connectivity index (χ0) is 29.1. The smallest absolute Gasteiger partial charge is 0.338 e. The summed E-state index contributed by atoms with van der Waals surface area (Å²) in [7, 11) is 4.71. The van der Waals surface area contributed by atoms with E-state index in [2.05, 4.69) is 15.9 Å². The fourth-order valence-corrected chi connectivity index (χ4v) is 6.19. The third-order valence-electron chi connectivity index (χ3n) is 6.60. The van der Waals surface area contributed by atoms with Crippen molar-refractivity contribution in [2.45, 2.75) is 13.0 Å². The second-order valence-electron chi connectivity index (χ2n) is 8.93. The molecule has 41 heavy (non-hydrogen) atoms. The first kappa shape index (κ1) is 28.4. The molecule has 0 fully saturated rings. The number of ether oxygens (including phenoxy) is 4. The summed E-state index contributed by atoms with van der Waals surface area (Å²) in [6, 6.07) is 19.5. The summed E-state index contributed by atoms with van der Waals surface area (Å²) >= 11 is 4.75. The predicted molar refractivity (Wildman–Crippen MR) is 161 cm³/mol. The zero-order valence-electron chi connectivity index (χ0n) is 22.8. The van der Waals surface area contributed by atoms with E-state index in [0.717, 1.165) is 11.1 Å². The minimum atomic E-state index is -0.780. The number of nitrogens with zero attached hydrogens (tertiary/aromatic N) is 2. The van der Waals surface area contributed by atoms with Gasteiger partial charge in [0.05, 0.1) is 54.3 Å². The molecule has 5 rings (SSSR count). The van der Waals surface area contributed by atoms with Crippen LogP contribution in [0.1, 0.15) is 29.7 Å². The maximum absolute atomic E-state index is 14.1. The van der Waals surface area contributed by atoms with Crippen LogP contribution in [0.25, 0.3) is 11.8 Å². The average Bonchev–Trinajstić information content (AvgIpc) is 3.31. The van der Waals surface area contributed by atoms with E-state index in [1.165, 1.54) is 11.3 Å². The lowest BCUT2D eigenvalue weighted by molar-refractivity contribution is -0.138. The van der Waals surface area contributed by atoms with Gasteiger partial charge < -0.3 is 18.9 Å². The molecule has 210 valence electrons. The van der Waals surface area contributed by atoms with Crippen LogP contribution < -0.4 is 29.1 Å². The van der Waals surface area contributed by atoms with E-state index < -0.39 is 12.0 Å². The highest BCUT2D eigenvalue weighted by molar-refractivity contribution is 9.10. The zero-order valence-corrected chi connectivity index (χ0v) is 25.2. The van der Waals surface area contributed by atoms with Crippen LogP contribution in [-0.2, 0) is 9.53 Å². The number of halogens is 1. The van der Waals surface area contributed by atoms with Gasteiger partial charge in [-0.25, -0.2) is 9.79 Å². The van der Waals surface area contributed by atoms with E-state index in [9.17, 15) is 9.59 Å². The topological polar surface area (TPSA) is 88.4 Å². The number of carbonyl (C=O) groups excluding carboxylic acids is 1. The number of thiazole rings is 1. The van der Waals surface area contributed by atoms with Gasteiger partial charge in [0.1, 0.15) is 17.2 Å². The molecule has 8 nitrogen and oxygen atoms in total. The lowest BCUT2D eigenvalue weighted by Crippen LogP contribution is -2.40. The molecule has 0 aliphatic carbocycles. The Morgan fingerprint density at radius 3 is 2.34 bits per heavy atom. The van der Waals surface area contributed by atoms with Crippen LogP contribution in [0.3, 0.4) is 0 Å². The van der Waals surface area contributed by atoms with Crippen molar-refractivity contribution in [1.29, 1.82) is 0 Å². The number of aromatic nitrogens is 1. The van der Waals surface area contributed by atoms with Gasteiger partial charge in [-0.2, -0.15) is 0 Å². The van der Waals surface area contributed by atoms with E-state index >= 15 is 0 Å². The summed E-state index contributed by atoms with van der Waals surface area (Å²) in [6.07, 6.45) is 1.76. The molecule has 0 saturated carbocycles. The molecule has 0 amide bonds. The first-order chi connectivity index (χ1) is 19.9. The van der Waals surface area contributed by atoms with Gasteiger partial charge in [0.25, 0.3) is 5.56 Å². The Morgan fingerprint density at radius 2 is 1.71 bits per heavy atom. The molecule has 10 heteroatoms. The van der Waals surface area contributed by atoms with Crippen molar-refractivity contribution in [3.05, 3.63) is 113 Å². The van der Waals surface area contributed by atoms with Gasteiger partial charge in [-0.3, -0.25) is 9.36 Å². The van der Waals surface area contributed by atoms with Gasteiger partial charge in [-0.15, -0.1) is 0 Å². The third-order valence-corrected chi connectivity index (χ3v) is 8.20. The Kier molecular flexibility index (Phi) is 8.41. The molecule has 2 heterocycles. The average molecular weight is 636 g/mol. The van der Waals surface area contributed by atoms with E-state index in [1.54, 1.807) is 57.1 Å². The Bertz CT molecular complexity index is 1810. The number of fused-ring (bicyclic) bond motifs is 1. The van der Waals surface area contributed by atoms with Crippen LogP contribution in [0.15, 0.2) is 86.6 Å². The number of methoxy groups -OCH3 is 3. The molecule has 0 spiro atoms. The number of hydrogen-bond donors (Lipinski definition) is 0. The van der Waals surface area contributed by atoms with Gasteiger partial charge >= 0.3 is 5.97 Å². The standard InChI is InChI=1S/C31H27BrN2O6S/c1-5-40-30(36)26-27(18-9-7-6-8-10-18)33-31-34(28(26)19-11-13-21(37-2)14-12-19)29(35)25(41-31)16-20-15-22(32)24(39-4)17-23(20)38-3/h6-17,28H,5H2,1-4H3/b25-16-/t28-/m0/s1. The molecular weight excluding hydrogens is 608 g/mol. The maximum atomic E-state index is 14.1. The van der Waals surface area contributed by atoms with Gasteiger partial charge in [0, 0.05) is 17.2 Å². The summed E-state index contributed by atoms with van der Waals surface area (Å²) in [5.41, 5.74) is 2.59. The van der Waals surface area contributed by atoms with Crippen molar-refractivity contribution < 1.29 is 23.7 Å². The summed E-state index contributed by atoms with van der Waals surface area (Å²) < 4.78 is 24.5. The van der Waals surface area contributed by atoms with Crippen molar-refractivity contribution in [2.24, 2.45) is 4.99 Å². The highest BCUT2D eigenvalue weighted by atomic mass is 79.9. The van der Waals surface area contributed by atoms with Gasteiger partial charge in [0.15, 0.2) is 4.80 Å². The Labute approximate surface area is 248 Å². The fraction of sp³-hybridized carbons (Fsp3) is 0.194. The lowest BCUT2D eigenvalue weighted by Gasteiger charge is -2.26. The van der Waals surface area contributed by atoms with Crippen LogP contribution in [0.5, 0.6) is 17.2 Å². The second-order valence-corrected chi connectivity index (χ2v) is 10.8. The molecule has 1 aliphatic rings. The molecule has 0 saturated heterocycles. The number of benzene rings is 3. The molecule has 1 aromatic heterocycles. The summed E-state index contributed by atoms with van der Waals surface area (Å²) in [4.78, 5) is 33.0. The van der Waals surface area contributed by atoms with Crippen molar-refractivity contribution in [2.75, 3.05) is 27.9 Å². The largest absolute Gasteiger partial charge is 0.497 e. The minimum Gasteiger partial charge on any atom is -0.497 e. The SMILES string of the molecule is CCOC(=O)C1=C(c2ccccc2)N=c2s/c(=C\c3cc(Br)c(OC)cc3OC)c(=O)n2[C@H]1c1ccc(OC)cc1. The highest BCUT2D eigenvalue weighted by Crippen LogP contribution is 2.36. The molecule has 1 aliphatic heterocycles. The molecule has 0 radical (unpaired) electrons. The predicted octanol–water partition coefficient (Wildman–Crippen LogP) is 4.72. The first-order valence-corrected chi connectivity index (χ1v) is 14.3. The number of rotatable bonds is 8. The Balaban J connectivity index is 1.82. The van der Waals surface area contributed by atoms with E-state index in [-0.39, 0.29) is 17.7 Å². The van der Waals surface area contributed by atoms with Crippen molar-refractivity contribution in [3.63, 3.8) is 0 Å². The number of hydrogen-bond acceptors (Lipinski definition) is 8. The van der Waals surface area contributed by atoms with Crippen LogP contribution in [-0.4, -0.2) is 38.5 Å². The van der Waals surface area contributed by atoms with E-state index in [1.807, 2.05) is 48.5 Å². The molecule has 4 aromatic rings. The molecule has 0 N–H and O–H groups in total. The first-order valence-electron chi connectivity index (χ1n) is 12.7. The van der Waals surface area contributed by atoms with Crippen molar-refractivity contribution >= 4 is 45.0 Å². The molecule has 0 bridgehead atoms. The van der Waals surface area contributed by atoms with Gasteiger partial charge in [0.2, 0.25) is 0 Å². The molecule has 1 atom stereocenters. The van der Waals surface area contributed by atoms with E-state index in [4.69, 9.17) is 23.9 Å². The van der Waals surface area contributed by atoms with Crippen molar-refractivity contribution in [1.82, 2.24) is 4.57 Å². The van der Waals surface area contributed by atoms with Crippen LogP contribution in [0.2, 0.25) is 0 Å². The summed E-state index contributed by atoms with van der Waals surface area (Å²) in [6.45, 7) is 1.93. The lowest BCUT2D eigenvalue weighted by atomic mass is 9.93. The normalized spacial score (nSPS) is 14.8. The van der Waals surface area contributed by atoms with Gasteiger partial charge in [-0.1, -0.05) is 53.8 Å². The third kappa shape index (κ3) is 5.45.